The van der Waals surface area contributed by atoms with E-state index in [4.69, 9.17) is 15.5 Å². The van der Waals surface area contributed by atoms with Crippen LogP contribution in [0.2, 0.25) is 0 Å². The number of nitrogen functional groups attached to an aromatic ring is 1. The minimum atomic E-state index is -4.89. The van der Waals surface area contributed by atoms with Crippen molar-refractivity contribution in [2.75, 3.05) is 24.7 Å². The standard InChI is InChI=1S/C19H24F3N3O4S/c1-17(2,3)25(16(26)27)15-24-18(6-7-28-9-11(18)10-30-15)13-8-12(23)4-5-14(13)29-19(20,21)22/h4-5,8,11H,6-7,9-10,23H2,1-3H3,(H,26,27)/t11-,18+/m0/s1. The summed E-state index contributed by atoms with van der Waals surface area (Å²) >= 11 is 1.25. The number of hydrogen-bond acceptors (Lipinski definition) is 6. The van der Waals surface area contributed by atoms with E-state index in [1.165, 1.54) is 30.0 Å². The van der Waals surface area contributed by atoms with Gasteiger partial charge in [-0.2, -0.15) is 0 Å². The first-order valence-electron chi connectivity index (χ1n) is 9.33. The van der Waals surface area contributed by atoms with Crippen LogP contribution in [0.15, 0.2) is 23.2 Å². The molecular formula is C19H24F3N3O4S. The van der Waals surface area contributed by atoms with Crippen LogP contribution in [0.4, 0.5) is 23.7 Å². The summed E-state index contributed by atoms with van der Waals surface area (Å²) in [6.45, 7) is 5.73. The van der Waals surface area contributed by atoms with Crippen LogP contribution in [0, 0.1) is 5.92 Å². The Kier molecular flexibility index (Phi) is 5.89. The van der Waals surface area contributed by atoms with Crippen LogP contribution >= 0.6 is 11.8 Å². The molecule has 1 amide bonds. The summed E-state index contributed by atoms with van der Waals surface area (Å²) < 4.78 is 49.1. The Morgan fingerprint density at radius 1 is 1.40 bits per heavy atom. The molecule has 11 heteroatoms. The molecule has 7 nitrogen and oxygen atoms in total. The van der Waals surface area contributed by atoms with Crippen molar-refractivity contribution in [2.24, 2.45) is 10.9 Å². The molecule has 3 rings (SSSR count). The molecule has 1 saturated heterocycles. The van der Waals surface area contributed by atoms with Crippen LogP contribution in [0.1, 0.15) is 32.8 Å². The van der Waals surface area contributed by atoms with Crippen molar-refractivity contribution in [3.05, 3.63) is 23.8 Å². The summed E-state index contributed by atoms with van der Waals surface area (Å²) in [5.74, 6) is -0.233. The van der Waals surface area contributed by atoms with Gasteiger partial charge in [0.15, 0.2) is 5.17 Å². The molecule has 2 heterocycles. The largest absolute Gasteiger partial charge is 0.573 e. The maximum atomic E-state index is 13.1. The van der Waals surface area contributed by atoms with Gasteiger partial charge < -0.3 is 20.3 Å². The number of carbonyl (C=O) groups is 1. The predicted octanol–water partition coefficient (Wildman–Crippen LogP) is 4.28. The van der Waals surface area contributed by atoms with Crippen molar-refractivity contribution in [2.45, 2.75) is 44.6 Å². The fourth-order valence-corrected chi connectivity index (χ4v) is 5.22. The van der Waals surface area contributed by atoms with Crippen LogP contribution in [0.3, 0.4) is 0 Å². The molecule has 0 radical (unpaired) electrons. The van der Waals surface area contributed by atoms with E-state index in [0.29, 0.717) is 5.75 Å². The molecule has 2 atom stereocenters. The average molecular weight is 447 g/mol. The molecule has 166 valence electrons. The van der Waals surface area contributed by atoms with Gasteiger partial charge in [-0.3, -0.25) is 4.90 Å². The van der Waals surface area contributed by atoms with Crippen LogP contribution in [-0.4, -0.2) is 52.1 Å². The summed E-state index contributed by atoms with van der Waals surface area (Å²) in [7, 11) is 0. The smallest absolute Gasteiger partial charge is 0.465 e. The molecule has 0 bridgehead atoms. The summed E-state index contributed by atoms with van der Waals surface area (Å²) in [6, 6.07) is 3.93. The number of nitrogens with two attached hydrogens (primary N) is 1. The zero-order valence-corrected chi connectivity index (χ0v) is 17.6. The van der Waals surface area contributed by atoms with Crippen molar-refractivity contribution in [1.82, 2.24) is 4.90 Å². The van der Waals surface area contributed by atoms with Gasteiger partial charge in [-0.25, -0.2) is 9.79 Å². The quantitative estimate of drug-likeness (QED) is 0.657. The molecule has 1 aromatic carbocycles. The Hall–Kier alpha value is -2.14. The SMILES string of the molecule is CC(C)(C)N(C(=O)O)C1=N[C@]2(c3cc(N)ccc3OC(F)(F)F)CCOC[C@H]2CS1. The Balaban J connectivity index is 2.20. The molecule has 3 N–H and O–H groups in total. The molecule has 0 saturated carbocycles. The van der Waals surface area contributed by atoms with Gasteiger partial charge in [-0.15, -0.1) is 13.2 Å². The highest BCUT2D eigenvalue weighted by molar-refractivity contribution is 8.13. The average Bonchev–Trinajstić information content (AvgIpc) is 2.60. The molecule has 0 aliphatic carbocycles. The van der Waals surface area contributed by atoms with Gasteiger partial charge in [0.2, 0.25) is 0 Å². The van der Waals surface area contributed by atoms with Gasteiger partial charge in [0.25, 0.3) is 0 Å². The zero-order chi connectivity index (χ0) is 22.3. The Morgan fingerprint density at radius 2 is 2.10 bits per heavy atom. The molecule has 0 spiro atoms. The molecule has 1 fully saturated rings. The molecule has 0 aromatic heterocycles. The molecule has 30 heavy (non-hydrogen) atoms. The lowest BCUT2D eigenvalue weighted by Gasteiger charge is -2.46. The number of ether oxygens (including phenoxy) is 2. The van der Waals surface area contributed by atoms with Crippen molar-refractivity contribution >= 4 is 28.7 Å². The van der Waals surface area contributed by atoms with Crippen LogP contribution < -0.4 is 10.5 Å². The number of aliphatic imine (C=N–C) groups is 1. The normalized spacial score (nSPS) is 24.6. The van der Waals surface area contributed by atoms with E-state index in [-0.39, 0.29) is 42.0 Å². The lowest BCUT2D eigenvalue weighted by Crippen LogP contribution is -2.53. The maximum absolute atomic E-state index is 13.1. The molecule has 1 aromatic rings. The third kappa shape index (κ3) is 4.46. The highest BCUT2D eigenvalue weighted by Crippen LogP contribution is 2.50. The number of hydrogen-bond donors (Lipinski definition) is 2. The van der Waals surface area contributed by atoms with Gasteiger partial charge >= 0.3 is 12.5 Å². The lowest BCUT2D eigenvalue weighted by molar-refractivity contribution is -0.275. The fraction of sp³-hybridized carbons (Fsp3) is 0.579. The number of rotatable bonds is 2. The van der Waals surface area contributed by atoms with E-state index in [0.717, 1.165) is 4.90 Å². The van der Waals surface area contributed by atoms with Gasteiger partial charge in [-0.1, -0.05) is 11.8 Å². The summed E-state index contributed by atoms with van der Waals surface area (Å²) in [4.78, 5) is 17.9. The first kappa shape index (κ1) is 22.5. The third-order valence-corrected chi connectivity index (χ3v) is 6.18. The highest BCUT2D eigenvalue weighted by atomic mass is 32.2. The fourth-order valence-electron chi connectivity index (χ4n) is 3.79. The van der Waals surface area contributed by atoms with Crippen molar-refractivity contribution in [3.8, 4) is 5.75 Å². The van der Waals surface area contributed by atoms with E-state index in [1.807, 2.05) is 0 Å². The van der Waals surface area contributed by atoms with Gasteiger partial charge in [0.1, 0.15) is 11.3 Å². The molecular weight excluding hydrogens is 423 g/mol. The number of amidine groups is 1. The Bertz CT molecular complexity index is 856. The van der Waals surface area contributed by atoms with Crippen molar-refractivity contribution < 1.29 is 32.5 Å². The number of benzene rings is 1. The maximum Gasteiger partial charge on any atom is 0.573 e. The number of amides is 1. The van der Waals surface area contributed by atoms with E-state index >= 15 is 0 Å². The number of halogens is 3. The molecule has 2 aliphatic rings. The second-order valence-corrected chi connectivity index (χ2v) is 9.23. The summed E-state index contributed by atoms with van der Waals surface area (Å²) in [6.07, 6.45) is -5.80. The van der Waals surface area contributed by atoms with Gasteiger partial charge in [-0.05, 0) is 39.0 Å². The van der Waals surface area contributed by atoms with E-state index in [2.05, 4.69) is 4.74 Å². The lowest BCUT2D eigenvalue weighted by atomic mass is 9.75. The van der Waals surface area contributed by atoms with Crippen LogP contribution in [-0.2, 0) is 10.3 Å². The minimum absolute atomic E-state index is 0.185. The predicted molar refractivity (Wildman–Crippen MR) is 108 cm³/mol. The topological polar surface area (TPSA) is 97.4 Å². The van der Waals surface area contributed by atoms with E-state index in [9.17, 15) is 23.1 Å². The number of anilines is 1. The number of carboxylic acid groups (broad SMARTS) is 1. The zero-order valence-electron chi connectivity index (χ0n) is 16.8. The molecule has 0 unspecified atom stereocenters. The van der Waals surface area contributed by atoms with Crippen LogP contribution in [0.5, 0.6) is 5.75 Å². The number of alkyl halides is 3. The number of nitrogens with zero attached hydrogens (tertiary/aromatic N) is 2. The van der Waals surface area contributed by atoms with Crippen LogP contribution in [0.25, 0.3) is 0 Å². The van der Waals surface area contributed by atoms with Crippen molar-refractivity contribution in [3.63, 3.8) is 0 Å². The van der Waals surface area contributed by atoms with Gasteiger partial charge in [0, 0.05) is 41.5 Å². The Labute approximate surface area is 176 Å². The first-order chi connectivity index (χ1) is 13.8. The summed E-state index contributed by atoms with van der Waals surface area (Å²) in [5.41, 5.74) is 4.41. The molecule has 2 aliphatic heterocycles. The monoisotopic (exact) mass is 447 g/mol. The second kappa shape index (κ2) is 7.84. The minimum Gasteiger partial charge on any atom is -0.465 e. The van der Waals surface area contributed by atoms with Gasteiger partial charge in [0.05, 0.1) is 6.61 Å². The first-order valence-corrected chi connectivity index (χ1v) is 10.3. The summed E-state index contributed by atoms with van der Waals surface area (Å²) in [5, 5.41) is 10.0. The third-order valence-electron chi connectivity index (χ3n) is 5.08. The second-order valence-electron chi connectivity index (χ2n) is 8.24. The van der Waals surface area contributed by atoms with E-state index < -0.39 is 29.3 Å². The van der Waals surface area contributed by atoms with Crippen molar-refractivity contribution in [1.29, 1.82) is 0 Å². The number of thioether (sulfide) groups is 1. The number of fused-ring (bicyclic) bond motifs is 1. The highest BCUT2D eigenvalue weighted by Gasteiger charge is 2.50. The van der Waals surface area contributed by atoms with E-state index in [1.54, 1.807) is 20.8 Å². The Morgan fingerprint density at radius 3 is 2.70 bits per heavy atom.